The summed E-state index contributed by atoms with van der Waals surface area (Å²) in [5, 5.41) is 0. The van der Waals surface area contributed by atoms with Crippen molar-refractivity contribution in [2.75, 3.05) is 0 Å². The Balaban J connectivity index is -0.00000000531. The van der Waals surface area contributed by atoms with Gasteiger partial charge in [-0.25, -0.2) is 0 Å². The second kappa shape index (κ2) is 56400. The smallest absolute Gasteiger partial charge is 0 e. The van der Waals surface area contributed by atoms with Crippen molar-refractivity contribution in [1.29, 1.82) is 0 Å². The van der Waals surface area contributed by atoms with Gasteiger partial charge in [0.1, 0.15) is 0 Å². The van der Waals surface area contributed by atoms with E-state index in [1.54, 1.807) is 30.2 Å². The average Bonchev–Trinajstić information content (AvgIpc) is 3.36. The molecule has 0 spiro atoms. The van der Waals surface area contributed by atoms with Crippen LogP contribution in [-0.4, -0.2) is 0 Å². The van der Waals surface area contributed by atoms with Gasteiger partial charge in [-0.3, -0.25) is 0 Å². The van der Waals surface area contributed by atoms with Crippen molar-refractivity contribution in [3.05, 3.63) is 160 Å². The standard InChI is InChI=1S/24CO.5Cr.P4/c24*1-2;;;;;;1-2-4-3-1. The van der Waals surface area contributed by atoms with E-state index in [2.05, 4.69) is 160 Å². The minimum Gasteiger partial charge on any atom is 0 e. The molecule has 1 heterocycles. The molecule has 24 nitrogen and oxygen atoms in total. The molecule has 0 N–H and O–H groups in total. The summed E-state index contributed by atoms with van der Waals surface area (Å²) < 4.78 is 180. The predicted molar refractivity (Wildman–Crippen MR) is 122 cm³/mol. The molecular formula is C24Cr5O24P4. The molecule has 1 aliphatic rings. The molecule has 0 amide bonds. The summed E-state index contributed by atoms with van der Waals surface area (Å²) in [6.45, 7) is 108. The van der Waals surface area contributed by atoms with Crippen LogP contribution in [0.4, 0.5) is 0 Å². The Kier molecular flexibility index (Phi) is 237000. The molecule has 0 aromatic rings. The minimum atomic E-state index is 0. The Morgan fingerprint density at radius 1 is 0.105 bits per heavy atom. The maximum Gasteiger partial charge on any atom is 0 e. The molecule has 0 aromatic heterocycles. The van der Waals surface area contributed by atoms with Crippen LogP contribution in [0.5, 0.6) is 0 Å². The van der Waals surface area contributed by atoms with Gasteiger partial charge in [0.25, 0.3) is 0 Å². The van der Waals surface area contributed by atoms with Crippen molar-refractivity contribution in [2.24, 2.45) is 0 Å². The third kappa shape index (κ3) is 54300. The second-order valence-corrected chi connectivity index (χ2v) is 9.66. The van der Waals surface area contributed by atoms with E-state index in [1.807, 2.05) is 0 Å². The first kappa shape index (κ1) is 239. The molecule has 0 radical (unpaired) electrons. The van der Waals surface area contributed by atoms with Crippen molar-refractivity contribution in [3.63, 3.8) is 0 Å². The second-order valence-electron chi connectivity index (χ2n) is 0.358. The van der Waals surface area contributed by atoms with Gasteiger partial charge in [-0.2, -0.15) is 0 Å². The summed E-state index contributed by atoms with van der Waals surface area (Å²) in [5.74, 6) is 0. The van der Waals surface area contributed by atoms with E-state index < -0.39 is 0 Å². The Bertz CT molecular complexity index is 665. The van der Waals surface area contributed by atoms with E-state index in [4.69, 9.17) is 112 Å². The average molecular weight is 1060 g/mol. The van der Waals surface area contributed by atoms with Crippen LogP contribution in [0.3, 0.4) is 0 Å². The van der Waals surface area contributed by atoms with Gasteiger partial charge in [0, 0.05) is 117 Å². The van der Waals surface area contributed by atoms with E-state index >= 15 is 0 Å². The van der Waals surface area contributed by atoms with Crippen LogP contribution in [0.1, 0.15) is 0 Å². The summed E-state index contributed by atoms with van der Waals surface area (Å²) in [7, 11) is 6.44. The molecular weight excluding hydrogens is 1060 g/mol. The van der Waals surface area contributed by atoms with E-state index in [1.165, 1.54) is 0 Å². The molecule has 0 saturated heterocycles. The zero-order valence-corrected chi connectivity index (χ0v) is 35.6. The Hall–Kier alpha value is -2.38. The van der Waals surface area contributed by atoms with Gasteiger partial charge in [-0.05, 0) is 0 Å². The van der Waals surface area contributed by atoms with Crippen molar-refractivity contribution in [3.8, 4) is 0 Å². The molecule has 1 aliphatic heterocycles. The zero-order chi connectivity index (χ0) is 50.8. The van der Waals surface area contributed by atoms with Crippen LogP contribution in [0.25, 0.3) is 0 Å². The Morgan fingerprint density at radius 3 is 0.123 bits per heavy atom. The number of hydrogen-bond donors (Lipinski definition) is 0. The summed E-state index contributed by atoms with van der Waals surface area (Å²) in [6.07, 6.45) is 0. The molecule has 0 unspecified atom stereocenters. The first-order chi connectivity index (χ1) is 26.0. The fraction of sp³-hybridized carbons (Fsp3) is 0. The topological polar surface area (TPSA) is 478 Å². The third-order valence-corrected chi connectivity index (χ3v) is 13.0. The molecule has 0 fully saturated rings. The van der Waals surface area contributed by atoms with Gasteiger partial charge in [0.15, 0.2) is 0 Å². The van der Waals surface area contributed by atoms with Gasteiger partial charge in [-0.15, -0.1) is 0 Å². The first-order valence-corrected chi connectivity index (χ1v) is 12.1. The van der Waals surface area contributed by atoms with Crippen LogP contribution in [-0.2, 0) is 198 Å². The third-order valence-electron chi connectivity index (χ3n) is 0.160. The molecule has 33 heteroatoms. The first-order valence-electron chi connectivity index (χ1n) is 5.70. The van der Waals surface area contributed by atoms with E-state index in [0.717, 1.165) is 0 Å². The monoisotopic (exact) mass is 1060 g/mol. The number of hydrogen-bond acceptors (Lipinski definition) is 0. The van der Waals surface area contributed by atoms with Crippen molar-refractivity contribution in [2.45, 2.75) is 0 Å². The fourth-order valence-corrected chi connectivity index (χ4v) is 3.24. The minimum absolute atomic E-state index is 0. The summed E-state index contributed by atoms with van der Waals surface area (Å²) in [5.41, 5.74) is 0. The maximum atomic E-state index is 7.50. The van der Waals surface area contributed by atoms with Crippen LogP contribution in [0.15, 0.2) is 0 Å². The summed E-state index contributed by atoms with van der Waals surface area (Å²) in [6, 6.07) is 0. The van der Waals surface area contributed by atoms with E-state index in [0.29, 0.717) is 0 Å². The summed E-state index contributed by atoms with van der Waals surface area (Å²) >= 11 is 0. The van der Waals surface area contributed by atoms with Gasteiger partial charge >= 0.3 is 271 Å². The van der Waals surface area contributed by atoms with Crippen LogP contribution in [0.2, 0.25) is 0 Å². The molecule has 290 valence electrons. The van der Waals surface area contributed by atoms with Crippen LogP contribution >= 0.6 is 30.2 Å². The Labute approximate surface area is 385 Å². The van der Waals surface area contributed by atoms with Crippen molar-refractivity contribution in [1.82, 2.24) is 0 Å². The molecule has 0 bridgehead atoms. The zero-order valence-electron chi connectivity index (χ0n) is 25.6. The maximum absolute atomic E-state index is 7.50. The van der Waals surface area contributed by atoms with Gasteiger partial charge in [-0.1, -0.05) is 0 Å². The Morgan fingerprint density at radius 2 is 0.123 bits per heavy atom. The summed E-state index contributed by atoms with van der Waals surface area (Å²) in [4.78, 5) is 0. The predicted octanol–water partition coefficient (Wildman–Crippen LogP) is 2.53. The molecule has 57 heavy (non-hydrogen) atoms. The normalized spacial score (nSPS) is 3.09. The largest absolute Gasteiger partial charge is 0 e. The molecule has 0 saturated carbocycles. The molecule has 0 aromatic carbocycles. The number of rotatable bonds is 0. The van der Waals surface area contributed by atoms with Gasteiger partial charge in [0.2, 0.25) is 0 Å². The van der Waals surface area contributed by atoms with Gasteiger partial charge in [0.05, 0.1) is 0 Å². The van der Waals surface area contributed by atoms with E-state index in [-0.39, 0.29) is 86.8 Å². The SMILES string of the molecule is P1=PP=P1.[C-]#[O+].[C-]#[O+].[C-]#[O+].[C-]#[O+].[C-]#[O+].[C-]#[O+].[C-]#[O+].[C-]#[O+].[C-]#[O+].[C-]#[O+].[C-]#[O+].[C-]#[O+].[C-]#[O+].[C-]#[O+].[C-]#[O+].[C-]#[O+].[C-]#[O+].[C-]#[O+].[C-]#[O+].[C-]#[O+].[C-]#[O+].[C-]#[O+].[C-]#[O+].[C-]#[O+].[Cr].[Cr].[Cr].[Cr].[Cr]. The van der Waals surface area contributed by atoms with Gasteiger partial charge < -0.3 is 0 Å². The van der Waals surface area contributed by atoms with Crippen LogP contribution < -0.4 is 0 Å². The fourth-order valence-electron chi connectivity index (χ4n) is 0.0400. The molecule has 1 rings (SSSR count). The quantitative estimate of drug-likeness (QED) is 0.192. The molecule has 0 atom stereocenters. The van der Waals surface area contributed by atoms with Crippen molar-refractivity contribution >= 4 is 30.2 Å². The van der Waals surface area contributed by atoms with E-state index in [9.17, 15) is 0 Å². The van der Waals surface area contributed by atoms with Crippen LogP contribution in [0, 0.1) is 160 Å². The molecule has 0 aliphatic carbocycles. The van der Waals surface area contributed by atoms with Crippen molar-refractivity contribution < 1.29 is 198 Å².